The number of imidazole rings is 1. The highest BCUT2D eigenvalue weighted by Crippen LogP contribution is 2.40. The lowest BCUT2D eigenvalue weighted by molar-refractivity contribution is 0.117. The third-order valence-corrected chi connectivity index (χ3v) is 7.82. The molecule has 2 amide bonds. The molecule has 6 rings (SSSR count). The summed E-state index contributed by atoms with van der Waals surface area (Å²) in [5.41, 5.74) is 4.20. The van der Waals surface area contributed by atoms with E-state index in [0.717, 1.165) is 22.1 Å². The first-order valence-corrected chi connectivity index (χ1v) is 14.3. The number of aromatic nitrogens is 3. The molecule has 43 heavy (non-hydrogen) atoms. The van der Waals surface area contributed by atoms with Gasteiger partial charge in [0, 0.05) is 28.2 Å². The Balaban J connectivity index is 1.49. The van der Waals surface area contributed by atoms with Crippen LogP contribution in [0.25, 0.3) is 22.0 Å². The molecule has 0 saturated heterocycles. The summed E-state index contributed by atoms with van der Waals surface area (Å²) in [5, 5.41) is 20.1. The van der Waals surface area contributed by atoms with Crippen molar-refractivity contribution in [1.29, 1.82) is 0 Å². The second-order valence-corrected chi connectivity index (χ2v) is 11.2. The van der Waals surface area contributed by atoms with Crippen molar-refractivity contribution in [2.24, 2.45) is 7.05 Å². The summed E-state index contributed by atoms with van der Waals surface area (Å²) in [6.07, 6.45) is 3.30. The largest absolute Gasteiger partial charge is 0.374 e. The molecule has 4 aromatic carbocycles. The number of carbonyl (C=O) groups excluding carboxylic acids is 1. The summed E-state index contributed by atoms with van der Waals surface area (Å²) in [6.45, 7) is 1.96. The Morgan fingerprint density at radius 2 is 1.63 bits per heavy atom. The van der Waals surface area contributed by atoms with E-state index in [1.165, 1.54) is 0 Å². The molecule has 0 fully saturated rings. The highest BCUT2D eigenvalue weighted by molar-refractivity contribution is 6.31. The summed E-state index contributed by atoms with van der Waals surface area (Å²) in [7, 11) is 1.84. The third kappa shape index (κ3) is 5.70. The van der Waals surface area contributed by atoms with Crippen molar-refractivity contribution < 1.29 is 9.90 Å². The Morgan fingerprint density at radius 1 is 0.860 bits per heavy atom. The summed E-state index contributed by atoms with van der Waals surface area (Å²) in [6, 6.07) is 29.1. The fraction of sp³-hybridized carbons (Fsp3) is 0.0882. The Labute approximate surface area is 258 Å². The van der Waals surface area contributed by atoms with Gasteiger partial charge in [0.25, 0.3) is 0 Å². The predicted octanol–water partition coefficient (Wildman–Crippen LogP) is 8.18. The molecule has 3 N–H and O–H groups in total. The van der Waals surface area contributed by atoms with Crippen LogP contribution in [0.1, 0.15) is 22.4 Å². The number of hydrogen-bond acceptors (Lipinski definition) is 4. The van der Waals surface area contributed by atoms with Gasteiger partial charge < -0.3 is 15.0 Å². The first kappa shape index (κ1) is 28.4. The molecular weight excluding hydrogens is 581 g/mol. The maximum atomic E-state index is 12.9. The highest BCUT2D eigenvalue weighted by atomic mass is 35.5. The van der Waals surface area contributed by atoms with Crippen molar-refractivity contribution in [1.82, 2.24) is 14.5 Å². The number of pyridine rings is 1. The van der Waals surface area contributed by atoms with Gasteiger partial charge in [-0.05, 0) is 89.3 Å². The van der Waals surface area contributed by atoms with Crippen LogP contribution >= 0.6 is 23.2 Å². The van der Waals surface area contributed by atoms with Gasteiger partial charge in [-0.2, -0.15) is 0 Å². The van der Waals surface area contributed by atoms with Gasteiger partial charge in [0.15, 0.2) is 5.60 Å². The fourth-order valence-electron chi connectivity index (χ4n) is 5.27. The van der Waals surface area contributed by atoms with Crippen molar-refractivity contribution in [2.75, 3.05) is 10.6 Å². The minimum Gasteiger partial charge on any atom is -0.374 e. The zero-order valence-electron chi connectivity index (χ0n) is 23.3. The predicted molar refractivity (Wildman–Crippen MR) is 173 cm³/mol. The first-order valence-electron chi connectivity index (χ1n) is 13.5. The van der Waals surface area contributed by atoms with E-state index >= 15 is 0 Å². The smallest absolute Gasteiger partial charge is 0.324 e. The van der Waals surface area contributed by atoms with Crippen molar-refractivity contribution in [2.45, 2.75) is 12.5 Å². The Bertz CT molecular complexity index is 1970. The van der Waals surface area contributed by atoms with Crippen LogP contribution in [0.5, 0.6) is 0 Å². The quantitative estimate of drug-likeness (QED) is 0.178. The van der Waals surface area contributed by atoms with E-state index in [1.807, 2.05) is 74.6 Å². The monoisotopic (exact) mass is 607 g/mol. The number of hydrogen-bond donors (Lipinski definition) is 3. The van der Waals surface area contributed by atoms with Crippen molar-refractivity contribution in [3.05, 3.63) is 142 Å². The molecule has 0 radical (unpaired) electrons. The number of amides is 2. The summed E-state index contributed by atoms with van der Waals surface area (Å²) < 4.78 is 1.79. The van der Waals surface area contributed by atoms with E-state index in [0.29, 0.717) is 43.9 Å². The Morgan fingerprint density at radius 3 is 2.35 bits per heavy atom. The fourth-order valence-corrected chi connectivity index (χ4v) is 5.59. The zero-order chi connectivity index (χ0) is 30.1. The normalized spacial score (nSPS) is 12.6. The van der Waals surface area contributed by atoms with Crippen molar-refractivity contribution in [3.63, 3.8) is 0 Å². The minimum absolute atomic E-state index is 0.361. The molecule has 0 aliphatic heterocycles. The summed E-state index contributed by atoms with van der Waals surface area (Å²) >= 11 is 12.6. The van der Waals surface area contributed by atoms with Crippen LogP contribution in [-0.4, -0.2) is 25.7 Å². The van der Waals surface area contributed by atoms with Gasteiger partial charge in [-0.1, -0.05) is 65.7 Å². The van der Waals surface area contributed by atoms with E-state index in [4.69, 9.17) is 28.2 Å². The number of carbonyl (C=O) groups is 1. The van der Waals surface area contributed by atoms with Crippen molar-refractivity contribution >= 4 is 51.6 Å². The number of fused-ring (bicyclic) bond motifs is 1. The number of nitrogens with one attached hydrogen (secondary N) is 2. The molecule has 9 heteroatoms. The molecule has 0 saturated carbocycles. The lowest BCUT2D eigenvalue weighted by Gasteiger charge is -2.30. The number of aryl methyl sites for hydroxylation is 2. The second-order valence-electron chi connectivity index (χ2n) is 10.4. The molecule has 214 valence electrons. The number of rotatable bonds is 6. The lowest BCUT2D eigenvalue weighted by Crippen LogP contribution is -2.31. The molecule has 6 aromatic rings. The average molecular weight is 609 g/mol. The number of aliphatic hydroxyl groups is 1. The van der Waals surface area contributed by atoms with Gasteiger partial charge in [0.1, 0.15) is 5.82 Å². The molecule has 1 unspecified atom stereocenters. The van der Waals surface area contributed by atoms with Gasteiger partial charge in [-0.15, -0.1) is 0 Å². The molecule has 0 spiro atoms. The highest BCUT2D eigenvalue weighted by Gasteiger charge is 2.37. The maximum absolute atomic E-state index is 12.9. The van der Waals surface area contributed by atoms with Gasteiger partial charge >= 0.3 is 6.03 Å². The molecular formula is C34H27Cl2N5O2. The summed E-state index contributed by atoms with van der Waals surface area (Å²) in [5.74, 6) is 0.361. The van der Waals surface area contributed by atoms with Crippen LogP contribution in [0, 0.1) is 6.92 Å². The van der Waals surface area contributed by atoms with Crippen molar-refractivity contribution in [3.8, 4) is 11.1 Å². The lowest BCUT2D eigenvalue weighted by atomic mass is 9.82. The van der Waals surface area contributed by atoms with E-state index < -0.39 is 11.6 Å². The Hall–Kier alpha value is -4.69. The number of nitrogens with zero attached hydrogens (tertiary/aromatic N) is 3. The number of benzene rings is 4. The van der Waals surface area contributed by atoms with Gasteiger partial charge in [-0.3, -0.25) is 5.32 Å². The van der Waals surface area contributed by atoms with Crippen LogP contribution in [0.4, 0.5) is 16.3 Å². The standard InChI is InChI=1S/C34H27Cl2N5O2/c1-21-5-3-8-27(15-21)38-33(42)40-32-18-28(22-6-4-7-26(36)16-22)29-17-24(11-14-30(29)39-32)34(43,31-19-37-20-41(31)2)23-9-12-25(35)13-10-23/h3-20,43H,1-2H3,(H2,38,39,40,42). The molecule has 0 aliphatic rings. The van der Waals surface area contributed by atoms with Crippen LogP contribution in [-0.2, 0) is 12.6 Å². The molecule has 1 atom stereocenters. The number of halogens is 2. The van der Waals surface area contributed by atoms with Crippen LogP contribution < -0.4 is 10.6 Å². The van der Waals surface area contributed by atoms with Gasteiger partial charge in [0.2, 0.25) is 0 Å². The van der Waals surface area contributed by atoms with E-state index in [1.54, 1.807) is 53.5 Å². The van der Waals surface area contributed by atoms with Crippen LogP contribution in [0.3, 0.4) is 0 Å². The number of anilines is 2. The topological polar surface area (TPSA) is 92.1 Å². The van der Waals surface area contributed by atoms with Crippen LogP contribution in [0.15, 0.2) is 110 Å². The maximum Gasteiger partial charge on any atom is 0.324 e. The van der Waals surface area contributed by atoms with Crippen LogP contribution in [0.2, 0.25) is 10.0 Å². The van der Waals surface area contributed by atoms with E-state index in [9.17, 15) is 9.90 Å². The molecule has 0 aliphatic carbocycles. The minimum atomic E-state index is -1.56. The van der Waals surface area contributed by atoms with Gasteiger partial charge in [0.05, 0.1) is 23.7 Å². The summed E-state index contributed by atoms with van der Waals surface area (Å²) in [4.78, 5) is 21.9. The third-order valence-electron chi connectivity index (χ3n) is 7.33. The van der Waals surface area contributed by atoms with E-state index in [-0.39, 0.29) is 0 Å². The first-order chi connectivity index (χ1) is 20.7. The second kappa shape index (κ2) is 11.5. The molecule has 2 heterocycles. The SMILES string of the molecule is Cc1cccc(NC(=O)Nc2cc(-c3cccc(Cl)c3)c3cc(C(O)(c4ccc(Cl)cc4)c4cncn4C)ccc3n2)c1. The molecule has 0 bridgehead atoms. The molecule has 2 aromatic heterocycles. The zero-order valence-corrected chi connectivity index (χ0v) is 24.9. The van der Waals surface area contributed by atoms with E-state index in [2.05, 4.69) is 15.6 Å². The Kier molecular flexibility index (Phi) is 7.62. The molecule has 7 nitrogen and oxygen atoms in total. The van der Waals surface area contributed by atoms with Gasteiger partial charge in [-0.25, -0.2) is 14.8 Å². The number of urea groups is 1. The average Bonchev–Trinajstić information content (AvgIpc) is 3.42.